The molecule has 0 aliphatic carbocycles. The Bertz CT molecular complexity index is 1600. The third kappa shape index (κ3) is 5.01. The largest absolute Gasteiger partial charge is 0.451 e. The number of nitrogens with one attached hydrogen (secondary N) is 1. The van der Waals surface area contributed by atoms with Crippen LogP contribution in [0.3, 0.4) is 0 Å². The number of hydrogen-bond acceptors (Lipinski definition) is 4. The summed E-state index contributed by atoms with van der Waals surface area (Å²) >= 11 is 6.42. The van der Waals surface area contributed by atoms with Gasteiger partial charge in [-0.1, -0.05) is 29.8 Å². The first-order valence-corrected chi connectivity index (χ1v) is 11.3. The van der Waals surface area contributed by atoms with E-state index >= 15 is 0 Å². The lowest BCUT2D eigenvalue weighted by atomic mass is 10.1. The smallest absolute Gasteiger partial charge is 0.348 e. The van der Waals surface area contributed by atoms with E-state index in [4.69, 9.17) is 16.7 Å². The highest BCUT2D eigenvalue weighted by Crippen LogP contribution is 2.34. The topological polar surface area (TPSA) is 72.7 Å². The van der Waals surface area contributed by atoms with Crippen molar-refractivity contribution in [2.45, 2.75) is 12.7 Å². The van der Waals surface area contributed by atoms with Gasteiger partial charge >= 0.3 is 6.18 Å². The molecule has 186 valence electrons. The quantitative estimate of drug-likeness (QED) is 0.276. The lowest BCUT2D eigenvalue weighted by molar-refractivity contribution is -0.145. The molecule has 0 bridgehead atoms. The van der Waals surface area contributed by atoms with Gasteiger partial charge in [0.2, 0.25) is 5.82 Å². The van der Waals surface area contributed by atoms with Crippen LogP contribution in [0.1, 0.15) is 21.7 Å². The molecular formula is C26H16ClF4N5O. The van der Waals surface area contributed by atoms with Crippen LogP contribution >= 0.6 is 11.6 Å². The van der Waals surface area contributed by atoms with Crippen LogP contribution in [0.4, 0.5) is 17.6 Å². The van der Waals surface area contributed by atoms with Gasteiger partial charge in [0.25, 0.3) is 5.91 Å². The Labute approximate surface area is 212 Å². The molecule has 2 aromatic heterocycles. The van der Waals surface area contributed by atoms with Crippen molar-refractivity contribution < 1.29 is 22.4 Å². The molecule has 1 N–H and O–H groups in total. The van der Waals surface area contributed by atoms with Crippen molar-refractivity contribution >= 4 is 28.4 Å². The van der Waals surface area contributed by atoms with E-state index in [0.717, 1.165) is 12.4 Å². The van der Waals surface area contributed by atoms with Crippen molar-refractivity contribution in [1.82, 2.24) is 25.1 Å². The summed E-state index contributed by atoms with van der Waals surface area (Å²) in [5, 5.41) is 8.57. The molecular weight excluding hydrogens is 510 g/mol. The number of carbonyl (C=O) groups is 1. The number of rotatable bonds is 5. The van der Waals surface area contributed by atoms with Crippen molar-refractivity contribution in [3.63, 3.8) is 0 Å². The zero-order valence-electron chi connectivity index (χ0n) is 18.8. The van der Waals surface area contributed by atoms with E-state index in [-0.39, 0.29) is 12.1 Å². The monoisotopic (exact) mass is 525 g/mol. The van der Waals surface area contributed by atoms with E-state index < -0.39 is 23.7 Å². The first-order chi connectivity index (χ1) is 17.7. The van der Waals surface area contributed by atoms with E-state index in [9.17, 15) is 22.4 Å². The summed E-state index contributed by atoms with van der Waals surface area (Å²) in [4.78, 5) is 19.5. The highest BCUT2D eigenvalue weighted by atomic mass is 35.5. The summed E-state index contributed by atoms with van der Waals surface area (Å²) < 4.78 is 53.1. The molecule has 0 saturated carbocycles. The fourth-order valence-corrected chi connectivity index (χ4v) is 3.99. The van der Waals surface area contributed by atoms with E-state index in [1.807, 2.05) is 12.1 Å². The number of carbonyl (C=O) groups excluding carboxylic acids is 1. The van der Waals surface area contributed by atoms with E-state index in [0.29, 0.717) is 38.4 Å². The van der Waals surface area contributed by atoms with Crippen LogP contribution in [0.15, 0.2) is 79.1 Å². The summed E-state index contributed by atoms with van der Waals surface area (Å²) in [7, 11) is 0. The van der Waals surface area contributed by atoms with Crippen molar-refractivity contribution in [3.05, 3.63) is 107 Å². The Hall–Kier alpha value is -4.31. The molecule has 0 atom stereocenters. The van der Waals surface area contributed by atoms with Crippen LogP contribution in [0.2, 0.25) is 5.02 Å². The van der Waals surface area contributed by atoms with Gasteiger partial charge in [-0.15, -0.1) is 0 Å². The maximum Gasteiger partial charge on any atom is 0.451 e. The summed E-state index contributed by atoms with van der Waals surface area (Å²) in [6, 6.07) is 17.9. The third-order valence-corrected chi connectivity index (χ3v) is 5.88. The average molecular weight is 526 g/mol. The number of aromatic nitrogens is 4. The number of nitrogens with zero attached hydrogens (tertiary/aromatic N) is 4. The Morgan fingerprint density at radius 1 is 0.973 bits per heavy atom. The van der Waals surface area contributed by atoms with Gasteiger partial charge in [-0.05, 0) is 48.5 Å². The fraction of sp³-hybridized carbons (Fsp3) is 0.0769. The van der Waals surface area contributed by atoms with Crippen LogP contribution in [0.5, 0.6) is 0 Å². The van der Waals surface area contributed by atoms with Crippen molar-refractivity contribution in [2.75, 3.05) is 0 Å². The minimum Gasteiger partial charge on any atom is -0.348 e. The number of hydrogen-bond donors (Lipinski definition) is 1. The number of benzene rings is 3. The van der Waals surface area contributed by atoms with Crippen molar-refractivity contribution in [1.29, 1.82) is 0 Å². The van der Waals surface area contributed by atoms with Gasteiger partial charge in [0.05, 0.1) is 16.2 Å². The van der Waals surface area contributed by atoms with Crippen molar-refractivity contribution in [2.24, 2.45) is 0 Å². The van der Waals surface area contributed by atoms with Crippen LogP contribution in [0, 0.1) is 5.82 Å². The minimum atomic E-state index is -4.65. The second kappa shape index (κ2) is 9.62. The number of amides is 1. The summed E-state index contributed by atoms with van der Waals surface area (Å²) in [5.41, 5.74) is 3.01. The van der Waals surface area contributed by atoms with E-state index in [1.54, 1.807) is 47.1 Å². The third-order valence-electron chi connectivity index (χ3n) is 5.56. The second-order valence-corrected chi connectivity index (χ2v) is 8.45. The molecule has 0 fully saturated rings. The molecule has 1 amide bonds. The molecule has 0 aliphatic heterocycles. The number of halogens is 5. The predicted molar refractivity (Wildman–Crippen MR) is 130 cm³/mol. The summed E-state index contributed by atoms with van der Waals surface area (Å²) in [5.74, 6) is -2.12. The molecule has 2 heterocycles. The second-order valence-electron chi connectivity index (χ2n) is 8.04. The molecule has 5 aromatic rings. The molecule has 0 radical (unpaired) electrons. The molecule has 6 nitrogen and oxygen atoms in total. The van der Waals surface area contributed by atoms with Gasteiger partial charge in [-0.25, -0.2) is 19.0 Å². The summed E-state index contributed by atoms with van der Waals surface area (Å²) in [6.45, 7) is -0.0723. The first-order valence-electron chi connectivity index (χ1n) is 10.9. The zero-order valence-corrected chi connectivity index (χ0v) is 19.6. The number of fused-ring (bicyclic) bond motifs is 1. The van der Waals surface area contributed by atoms with Crippen LogP contribution in [-0.2, 0) is 12.7 Å². The van der Waals surface area contributed by atoms with E-state index in [2.05, 4.69) is 15.3 Å². The highest BCUT2D eigenvalue weighted by Gasteiger charge is 2.34. The Morgan fingerprint density at radius 2 is 1.68 bits per heavy atom. The molecule has 37 heavy (non-hydrogen) atoms. The van der Waals surface area contributed by atoms with Gasteiger partial charge < -0.3 is 5.32 Å². The summed E-state index contributed by atoms with van der Waals surface area (Å²) in [6.07, 6.45) is -2.62. The molecule has 0 unspecified atom stereocenters. The van der Waals surface area contributed by atoms with Crippen LogP contribution < -0.4 is 5.32 Å². The lowest BCUT2D eigenvalue weighted by Gasteiger charge is -2.08. The Morgan fingerprint density at radius 3 is 2.35 bits per heavy atom. The molecule has 3 aromatic carbocycles. The standard InChI is InChI=1S/C26H16ClF4N5O/c27-21-4-2-1-3-19(21)23-20-10-5-16(11-22(20)36(35-23)18-8-6-17(28)7-9-18)24(37)32-12-15-13-33-25(34-14-15)26(29,30)31/h1-11,13-14H,12H2,(H,32,37). The van der Waals surface area contributed by atoms with Crippen LogP contribution in [0.25, 0.3) is 27.8 Å². The van der Waals surface area contributed by atoms with Gasteiger partial charge in [-0.3, -0.25) is 4.79 Å². The SMILES string of the molecule is O=C(NCc1cnc(C(F)(F)F)nc1)c1ccc2c(-c3ccccc3Cl)nn(-c3ccc(F)cc3)c2c1. The fourth-order valence-electron chi connectivity index (χ4n) is 3.76. The zero-order chi connectivity index (χ0) is 26.2. The Balaban J connectivity index is 1.49. The lowest BCUT2D eigenvalue weighted by Crippen LogP contribution is -2.23. The van der Waals surface area contributed by atoms with Gasteiger partial charge in [-0.2, -0.15) is 18.3 Å². The van der Waals surface area contributed by atoms with Gasteiger partial charge in [0, 0.05) is 41.0 Å². The first kappa shape index (κ1) is 24.4. The van der Waals surface area contributed by atoms with Gasteiger partial charge in [0.1, 0.15) is 11.5 Å². The normalized spacial score (nSPS) is 11.6. The van der Waals surface area contributed by atoms with E-state index in [1.165, 1.54) is 12.1 Å². The molecule has 11 heteroatoms. The van der Waals surface area contributed by atoms with Gasteiger partial charge in [0.15, 0.2) is 0 Å². The molecule has 0 spiro atoms. The molecule has 0 aliphatic rings. The highest BCUT2D eigenvalue weighted by molar-refractivity contribution is 6.33. The predicted octanol–water partition coefficient (Wildman–Crippen LogP) is 6.22. The number of alkyl halides is 3. The maximum atomic E-state index is 13.5. The Kier molecular flexibility index (Phi) is 6.34. The maximum absolute atomic E-state index is 13.5. The average Bonchev–Trinajstić information content (AvgIpc) is 3.26. The molecule has 5 rings (SSSR count). The van der Waals surface area contributed by atoms with Crippen LogP contribution in [-0.4, -0.2) is 25.7 Å². The molecule has 0 saturated heterocycles. The minimum absolute atomic E-state index is 0.0723. The van der Waals surface area contributed by atoms with Crippen molar-refractivity contribution in [3.8, 4) is 16.9 Å².